The Hall–Kier alpha value is -0.0700. The predicted octanol–water partition coefficient (Wildman–Crippen LogP) is 0.235. The van der Waals surface area contributed by atoms with Gasteiger partial charge >= 0.3 is 0 Å². The molecular formula is C25H60ClN9. The highest BCUT2D eigenvalue weighted by Gasteiger charge is 2.25. The second kappa shape index (κ2) is 20.0. The number of rotatable bonds is 23. The average molecular weight is 522 g/mol. The van der Waals surface area contributed by atoms with E-state index in [1.54, 1.807) is 0 Å². The van der Waals surface area contributed by atoms with Gasteiger partial charge in [-0.25, -0.2) is 4.42 Å². The molecule has 0 heterocycles. The van der Waals surface area contributed by atoms with Crippen LogP contribution in [0.15, 0.2) is 0 Å². The Kier molecular flexibility index (Phi) is 19.9. The van der Waals surface area contributed by atoms with Gasteiger partial charge in [-0.1, -0.05) is 34.6 Å². The van der Waals surface area contributed by atoms with Crippen LogP contribution in [0.1, 0.15) is 41.0 Å². The molecule has 0 aromatic heterocycles. The Labute approximate surface area is 222 Å². The van der Waals surface area contributed by atoms with Crippen LogP contribution < -0.4 is 28.3 Å². The van der Waals surface area contributed by atoms with Crippen LogP contribution >= 0.6 is 11.8 Å². The van der Waals surface area contributed by atoms with Crippen molar-refractivity contribution in [1.29, 1.82) is 0 Å². The fourth-order valence-electron chi connectivity index (χ4n) is 4.79. The summed E-state index contributed by atoms with van der Waals surface area (Å²) in [6.45, 7) is 25.9. The van der Waals surface area contributed by atoms with E-state index >= 15 is 0 Å². The first-order valence-electron chi connectivity index (χ1n) is 13.5. The number of hydrogen-bond acceptors (Lipinski definition) is 9. The van der Waals surface area contributed by atoms with Gasteiger partial charge in [0.1, 0.15) is 0 Å². The van der Waals surface area contributed by atoms with Crippen molar-refractivity contribution in [2.75, 3.05) is 111 Å². The van der Waals surface area contributed by atoms with Crippen LogP contribution in [0.25, 0.3) is 0 Å². The smallest absolute Gasteiger partial charge is 0.0267 e. The summed E-state index contributed by atoms with van der Waals surface area (Å²) < 4.78 is 1.89. The van der Waals surface area contributed by atoms with Crippen molar-refractivity contribution in [2.24, 2.45) is 33.8 Å². The predicted molar refractivity (Wildman–Crippen MR) is 154 cm³/mol. The van der Waals surface area contributed by atoms with Gasteiger partial charge in [0.05, 0.1) is 0 Å². The molecule has 0 aromatic carbocycles. The Morgan fingerprint density at radius 2 is 0.943 bits per heavy atom. The third kappa shape index (κ3) is 20.6. The minimum atomic E-state index is 0.283. The number of hydrogen-bond donors (Lipinski definition) is 5. The number of nitrogens with zero attached hydrogens (tertiary/aromatic N) is 4. The lowest BCUT2D eigenvalue weighted by atomic mass is 9.76. The highest BCUT2D eigenvalue weighted by molar-refractivity contribution is 6.13. The third-order valence-electron chi connectivity index (χ3n) is 6.05. The van der Waals surface area contributed by atoms with Crippen LogP contribution in [0.2, 0.25) is 0 Å². The molecule has 0 atom stereocenters. The molecule has 0 aliphatic carbocycles. The topological polar surface area (TPSA) is 129 Å². The van der Waals surface area contributed by atoms with Crippen LogP contribution in [-0.4, -0.2) is 130 Å². The quantitative estimate of drug-likeness (QED) is 0.0947. The van der Waals surface area contributed by atoms with E-state index in [9.17, 15) is 0 Å². The summed E-state index contributed by atoms with van der Waals surface area (Å²) in [7, 11) is 0. The summed E-state index contributed by atoms with van der Waals surface area (Å²) >= 11 is 6.57. The Morgan fingerprint density at radius 3 is 1.34 bits per heavy atom. The minimum absolute atomic E-state index is 0.283. The van der Waals surface area contributed by atoms with Gasteiger partial charge in [0.2, 0.25) is 0 Å². The van der Waals surface area contributed by atoms with Gasteiger partial charge < -0.3 is 28.3 Å². The van der Waals surface area contributed by atoms with Crippen LogP contribution in [0.4, 0.5) is 0 Å². The van der Waals surface area contributed by atoms with Gasteiger partial charge in [0, 0.05) is 111 Å². The lowest BCUT2D eigenvalue weighted by Crippen LogP contribution is -2.44. The maximum Gasteiger partial charge on any atom is 0.0267 e. The fourth-order valence-corrected chi connectivity index (χ4v) is 4.94. The Morgan fingerprint density at radius 1 is 0.571 bits per heavy atom. The second-order valence-corrected chi connectivity index (χ2v) is 12.1. The van der Waals surface area contributed by atoms with Crippen LogP contribution in [0.5, 0.6) is 0 Å². The van der Waals surface area contributed by atoms with Crippen molar-refractivity contribution in [1.82, 2.24) is 24.4 Å². The second-order valence-electron chi connectivity index (χ2n) is 11.7. The monoisotopic (exact) mass is 521 g/mol. The molecule has 35 heavy (non-hydrogen) atoms. The van der Waals surface area contributed by atoms with Crippen molar-refractivity contribution in [3.05, 3.63) is 0 Å². The molecule has 0 saturated carbocycles. The van der Waals surface area contributed by atoms with E-state index < -0.39 is 0 Å². The first-order valence-corrected chi connectivity index (χ1v) is 13.9. The van der Waals surface area contributed by atoms with E-state index in [1.807, 2.05) is 4.42 Å². The molecule has 0 saturated heterocycles. The van der Waals surface area contributed by atoms with Gasteiger partial charge in [-0.05, 0) is 29.0 Å². The molecule has 0 radical (unpaired) electrons. The van der Waals surface area contributed by atoms with E-state index in [4.69, 9.17) is 34.7 Å². The zero-order valence-corrected chi connectivity index (χ0v) is 24.5. The van der Waals surface area contributed by atoms with Crippen LogP contribution in [-0.2, 0) is 0 Å². The van der Waals surface area contributed by atoms with E-state index in [0.717, 1.165) is 85.1 Å². The summed E-state index contributed by atoms with van der Waals surface area (Å²) in [5.74, 6) is 0. The lowest BCUT2D eigenvalue weighted by molar-refractivity contribution is 0.193. The van der Waals surface area contributed by atoms with Crippen LogP contribution in [0.3, 0.4) is 0 Å². The SMILES string of the molecule is CC(C)(C)CC(C)(C)CNCCN(CCN)CCN(Cl)CCN(CCN)CCN(CCN)CCN. The van der Waals surface area contributed by atoms with Crippen molar-refractivity contribution in [3.8, 4) is 0 Å². The molecule has 9 nitrogen and oxygen atoms in total. The number of nitrogens with one attached hydrogen (secondary N) is 1. The van der Waals surface area contributed by atoms with Gasteiger partial charge in [-0.2, -0.15) is 0 Å². The van der Waals surface area contributed by atoms with Gasteiger partial charge in [0.25, 0.3) is 0 Å². The highest BCUT2D eigenvalue weighted by Crippen LogP contribution is 2.32. The number of nitrogens with two attached hydrogens (primary N) is 4. The normalized spacial score (nSPS) is 13.2. The molecule has 0 aliphatic rings. The molecule has 0 amide bonds. The summed E-state index contributed by atoms with van der Waals surface area (Å²) in [6.07, 6.45) is 1.19. The number of halogens is 1. The maximum atomic E-state index is 6.57. The molecule has 10 heteroatoms. The standard InChI is InChI=1S/C25H60ClN9/c1-24(2,3)22-25(4,5)23-31-10-15-33(13-8-29)18-20-35(26)21-19-34(14-9-30)17-16-32(11-6-27)12-7-28/h31H,6-23,27-30H2,1-5H3. The average Bonchev–Trinajstić information content (AvgIpc) is 2.75. The maximum absolute atomic E-state index is 6.57. The molecule has 0 aliphatic heterocycles. The molecule has 0 rings (SSSR count). The molecule has 0 unspecified atom stereocenters. The van der Waals surface area contributed by atoms with E-state index in [1.165, 1.54) is 6.42 Å². The highest BCUT2D eigenvalue weighted by atomic mass is 35.5. The first kappa shape index (κ1) is 34.9. The van der Waals surface area contributed by atoms with Crippen molar-refractivity contribution in [2.45, 2.75) is 41.0 Å². The molecular weight excluding hydrogens is 462 g/mol. The summed E-state index contributed by atoms with van der Waals surface area (Å²) in [5, 5.41) is 3.65. The largest absolute Gasteiger partial charge is 0.329 e. The first-order chi connectivity index (χ1) is 16.5. The summed E-state index contributed by atoms with van der Waals surface area (Å²) in [5.41, 5.74) is 23.8. The molecule has 212 valence electrons. The van der Waals surface area contributed by atoms with Gasteiger partial charge in [-0.15, -0.1) is 0 Å². The Balaban J connectivity index is 4.38. The van der Waals surface area contributed by atoms with Gasteiger partial charge in [0.15, 0.2) is 0 Å². The van der Waals surface area contributed by atoms with E-state index in [0.29, 0.717) is 31.6 Å². The molecule has 0 aromatic rings. The van der Waals surface area contributed by atoms with Crippen LogP contribution in [0, 0.1) is 10.8 Å². The molecule has 9 N–H and O–H groups in total. The Bertz CT molecular complexity index is 482. The molecule has 0 fully saturated rings. The van der Waals surface area contributed by atoms with E-state index in [2.05, 4.69) is 54.6 Å². The van der Waals surface area contributed by atoms with Crippen molar-refractivity contribution in [3.63, 3.8) is 0 Å². The molecule has 0 spiro atoms. The van der Waals surface area contributed by atoms with Crippen molar-refractivity contribution < 1.29 is 0 Å². The summed E-state index contributed by atoms with van der Waals surface area (Å²) in [6, 6.07) is 0. The van der Waals surface area contributed by atoms with Gasteiger partial charge in [-0.3, -0.25) is 14.7 Å². The minimum Gasteiger partial charge on any atom is -0.329 e. The van der Waals surface area contributed by atoms with Crippen molar-refractivity contribution >= 4 is 11.8 Å². The van der Waals surface area contributed by atoms with E-state index in [-0.39, 0.29) is 5.41 Å². The lowest BCUT2D eigenvalue weighted by Gasteiger charge is -2.33. The molecule has 0 bridgehead atoms. The summed E-state index contributed by atoms with van der Waals surface area (Å²) in [4.78, 5) is 7.08. The fraction of sp³-hybridized carbons (Fsp3) is 1.00. The zero-order valence-electron chi connectivity index (χ0n) is 23.7. The third-order valence-corrected chi connectivity index (χ3v) is 6.39. The zero-order chi connectivity index (χ0) is 26.7.